The van der Waals surface area contributed by atoms with Gasteiger partial charge in [0.1, 0.15) is 0 Å². The van der Waals surface area contributed by atoms with E-state index in [4.69, 9.17) is 0 Å². The summed E-state index contributed by atoms with van der Waals surface area (Å²) in [4.78, 5) is 23.9. The summed E-state index contributed by atoms with van der Waals surface area (Å²) in [5, 5.41) is 2.03. The van der Waals surface area contributed by atoms with Crippen molar-refractivity contribution in [3.8, 4) is 0 Å². The number of carbonyl (C=O) groups excluding carboxylic acids is 2. The molecule has 0 aliphatic heterocycles. The number of hydrogen-bond acceptors (Lipinski definition) is 3. The summed E-state index contributed by atoms with van der Waals surface area (Å²) in [6.07, 6.45) is 4.07. The summed E-state index contributed by atoms with van der Waals surface area (Å²) >= 11 is 1.70. The van der Waals surface area contributed by atoms with Crippen molar-refractivity contribution in [2.45, 2.75) is 32.1 Å². The van der Waals surface area contributed by atoms with E-state index in [-0.39, 0.29) is 17.7 Å². The molecule has 1 aromatic heterocycles. The van der Waals surface area contributed by atoms with E-state index in [1.54, 1.807) is 11.3 Å². The van der Waals surface area contributed by atoms with Crippen LogP contribution < -0.4 is 10.9 Å². The second-order valence-electron chi connectivity index (χ2n) is 4.24. The van der Waals surface area contributed by atoms with E-state index in [0.717, 1.165) is 25.7 Å². The minimum Gasteiger partial charge on any atom is -0.273 e. The van der Waals surface area contributed by atoms with Crippen LogP contribution in [-0.2, 0) is 16.0 Å². The van der Waals surface area contributed by atoms with Gasteiger partial charge in [-0.25, -0.2) is 0 Å². The van der Waals surface area contributed by atoms with Crippen LogP contribution >= 0.6 is 11.3 Å². The van der Waals surface area contributed by atoms with Crippen molar-refractivity contribution in [2.24, 2.45) is 5.92 Å². The molecule has 1 aromatic rings. The molecule has 0 atom stereocenters. The maximum atomic E-state index is 11.4. The van der Waals surface area contributed by atoms with Gasteiger partial charge in [0.05, 0.1) is 0 Å². The Morgan fingerprint density at radius 3 is 2.82 bits per heavy atom. The van der Waals surface area contributed by atoms with Gasteiger partial charge in [-0.15, -0.1) is 11.3 Å². The van der Waals surface area contributed by atoms with Crippen LogP contribution in [0.3, 0.4) is 0 Å². The van der Waals surface area contributed by atoms with Gasteiger partial charge in [-0.05, 0) is 37.1 Å². The first-order valence-electron chi connectivity index (χ1n) is 5.87. The van der Waals surface area contributed by atoms with Gasteiger partial charge in [0.2, 0.25) is 11.8 Å². The average Bonchev–Trinajstić information content (AvgIpc) is 3.05. The Hall–Kier alpha value is -1.36. The van der Waals surface area contributed by atoms with E-state index in [0.29, 0.717) is 6.42 Å². The molecule has 1 saturated carbocycles. The van der Waals surface area contributed by atoms with Crippen molar-refractivity contribution in [3.63, 3.8) is 0 Å². The summed E-state index contributed by atoms with van der Waals surface area (Å²) in [6.45, 7) is 0. The Labute approximate surface area is 104 Å². The maximum absolute atomic E-state index is 11.4. The lowest BCUT2D eigenvalue weighted by Crippen LogP contribution is -2.42. The van der Waals surface area contributed by atoms with E-state index < -0.39 is 0 Å². The minimum absolute atomic E-state index is 0.0587. The van der Waals surface area contributed by atoms with Gasteiger partial charge >= 0.3 is 0 Å². The second kappa shape index (κ2) is 5.82. The molecular formula is C12H16N2O2S. The zero-order valence-corrected chi connectivity index (χ0v) is 10.4. The van der Waals surface area contributed by atoms with Crippen LogP contribution in [0.4, 0.5) is 0 Å². The number of thiophene rings is 1. The monoisotopic (exact) mass is 252 g/mol. The maximum Gasteiger partial charge on any atom is 0.241 e. The summed E-state index contributed by atoms with van der Waals surface area (Å²) in [7, 11) is 0. The second-order valence-corrected chi connectivity index (χ2v) is 5.28. The molecule has 0 unspecified atom stereocenters. The predicted octanol–water partition coefficient (Wildman–Crippen LogP) is 1.63. The highest BCUT2D eigenvalue weighted by Crippen LogP contribution is 2.28. The van der Waals surface area contributed by atoms with Gasteiger partial charge in [0, 0.05) is 17.2 Å². The normalized spacial score (nSPS) is 14.4. The summed E-state index contributed by atoms with van der Waals surface area (Å²) in [6, 6.07) is 4.08. The summed E-state index contributed by atoms with van der Waals surface area (Å²) in [5.41, 5.74) is 4.90. The molecule has 1 heterocycles. The van der Waals surface area contributed by atoms with Crippen LogP contribution in [0.5, 0.6) is 0 Å². The molecule has 2 amide bonds. The first-order chi connectivity index (χ1) is 8.25. The molecule has 4 nitrogen and oxygen atoms in total. The molecule has 2 rings (SSSR count). The average molecular weight is 252 g/mol. The lowest BCUT2D eigenvalue weighted by atomic mass is 10.2. The molecule has 0 bridgehead atoms. The van der Waals surface area contributed by atoms with Crippen molar-refractivity contribution in [3.05, 3.63) is 22.4 Å². The number of aryl methyl sites for hydroxylation is 1. The number of rotatable bonds is 5. The molecular weight excluding hydrogens is 236 g/mol. The van der Waals surface area contributed by atoms with Crippen LogP contribution in [0, 0.1) is 5.92 Å². The third-order valence-corrected chi connectivity index (χ3v) is 3.62. The SMILES string of the molecule is O=C(CCCc1cccs1)NNC(=O)C1CC1. The number of amides is 2. The van der Waals surface area contributed by atoms with E-state index >= 15 is 0 Å². The third kappa shape index (κ3) is 4.19. The lowest BCUT2D eigenvalue weighted by Gasteiger charge is -2.05. The van der Waals surface area contributed by atoms with Gasteiger partial charge in [-0.2, -0.15) is 0 Å². The van der Waals surface area contributed by atoms with E-state index in [1.165, 1.54) is 4.88 Å². The molecule has 2 N–H and O–H groups in total. The van der Waals surface area contributed by atoms with E-state index in [1.807, 2.05) is 11.4 Å². The Balaban J connectivity index is 1.56. The molecule has 0 radical (unpaired) electrons. The van der Waals surface area contributed by atoms with Crippen LogP contribution in [0.2, 0.25) is 0 Å². The first-order valence-corrected chi connectivity index (χ1v) is 6.75. The van der Waals surface area contributed by atoms with E-state index in [9.17, 15) is 9.59 Å². The lowest BCUT2D eigenvalue weighted by molar-refractivity contribution is -0.129. The predicted molar refractivity (Wildman–Crippen MR) is 66.3 cm³/mol. The smallest absolute Gasteiger partial charge is 0.241 e. The number of carbonyl (C=O) groups is 2. The van der Waals surface area contributed by atoms with Crippen LogP contribution in [0.1, 0.15) is 30.6 Å². The standard InChI is InChI=1S/C12H16N2O2S/c15-11(13-14-12(16)9-6-7-9)5-1-3-10-4-2-8-17-10/h2,4,8-9H,1,3,5-7H2,(H,13,15)(H,14,16). The molecule has 5 heteroatoms. The Morgan fingerprint density at radius 2 is 2.18 bits per heavy atom. The van der Waals surface area contributed by atoms with Crippen molar-refractivity contribution < 1.29 is 9.59 Å². The first kappa shape index (κ1) is 12.1. The number of nitrogens with one attached hydrogen (secondary N) is 2. The number of hydrogen-bond donors (Lipinski definition) is 2. The van der Waals surface area contributed by atoms with Gasteiger partial charge in [-0.1, -0.05) is 6.07 Å². The van der Waals surface area contributed by atoms with Crippen LogP contribution in [-0.4, -0.2) is 11.8 Å². The molecule has 0 spiro atoms. The highest BCUT2D eigenvalue weighted by Gasteiger charge is 2.29. The topological polar surface area (TPSA) is 58.2 Å². The highest BCUT2D eigenvalue weighted by atomic mass is 32.1. The minimum atomic E-state index is -0.115. The summed E-state index contributed by atoms with van der Waals surface area (Å²) in [5.74, 6) is -0.0476. The molecule has 17 heavy (non-hydrogen) atoms. The van der Waals surface area contributed by atoms with Crippen molar-refractivity contribution >= 4 is 23.2 Å². The zero-order valence-electron chi connectivity index (χ0n) is 9.57. The van der Waals surface area contributed by atoms with Gasteiger partial charge < -0.3 is 0 Å². The fourth-order valence-corrected chi connectivity index (χ4v) is 2.27. The van der Waals surface area contributed by atoms with Crippen molar-refractivity contribution in [1.82, 2.24) is 10.9 Å². The molecule has 1 fully saturated rings. The Bertz CT molecular complexity index is 385. The zero-order chi connectivity index (χ0) is 12.1. The highest BCUT2D eigenvalue weighted by molar-refractivity contribution is 7.09. The van der Waals surface area contributed by atoms with Gasteiger partial charge in [-0.3, -0.25) is 20.4 Å². The molecule has 92 valence electrons. The fourth-order valence-electron chi connectivity index (χ4n) is 1.52. The Kier molecular flexibility index (Phi) is 4.14. The molecule has 1 aliphatic rings. The number of hydrazine groups is 1. The fraction of sp³-hybridized carbons (Fsp3) is 0.500. The largest absolute Gasteiger partial charge is 0.273 e. The van der Waals surface area contributed by atoms with Crippen LogP contribution in [0.15, 0.2) is 17.5 Å². The molecule has 0 saturated heterocycles. The molecule has 0 aromatic carbocycles. The van der Waals surface area contributed by atoms with Gasteiger partial charge in [0.25, 0.3) is 0 Å². The summed E-state index contributed by atoms with van der Waals surface area (Å²) < 4.78 is 0. The third-order valence-electron chi connectivity index (χ3n) is 2.68. The van der Waals surface area contributed by atoms with Gasteiger partial charge in [0.15, 0.2) is 0 Å². The van der Waals surface area contributed by atoms with Crippen molar-refractivity contribution in [2.75, 3.05) is 0 Å². The quantitative estimate of drug-likeness (QED) is 0.782. The Morgan fingerprint density at radius 1 is 1.35 bits per heavy atom. The molecule has 1 aliphatic carbocycles. The van der Waals surface area contributed by atoms with Crippen molar-refractivity contribution in [1.29, 1.82) is 0 Å². The van der Waals surface area contributed by atoms with E-state index in [2.05, 4.69) is 16.9 Å². The van der Waals surface area contributed by atoms with Crippen LogP contribution in [0.25, 0.3) is 0 Å².